The number of esters is 2. The summed E-state index contributed by atoms with van der Waals surface area (Å²) in [5, 5.41) is 7.53. The average Bonchev–Trinajstić information content (AvgIpc) is 3.18. The number of aromatic nitrogens is 2. The highest BCUT2D eigenvalue weighted by Crippen LogP contribution is 2.35. The lowest BCUT2D eigenvalue weighted by atomic mass is 10.1. The first-order valence-corrected chi connectivity index (χ1v) is 10.4. The second-order valence-electron chi connectivity index (χ2n) is 6.30. The number of carbonyl (C=O) groups excluding carboxylic acids is 3. The van der Waals surface area contributed by atoms with Crippen LogP contribution < -0.4 is 5.32 Å². The summed E-state index contributed by atoms with van der Waals surface area (Å²) in [6.07, 6.45) is 2.11. The van der Waals surface area contributed by atoms with Crippen LogP contribution in [0.25, 0.3) is 0 Å². The van der Waals surface area contributed by atoms with E-state index in [2.05, 4.69) is 10.4 Å². The van der Waals surface area contributed by atoms with Crippen molar-refractivity contribution >= 4 is 45.8 Å². The molecule has 0 aliphatic carbocycles. The molecule has 10 heteroatoms. The highest BCUT2D eigenvalue weighted by molar-refractivity contribution is 7.18. The number of anilines is 1. The van der Waals surface area contributed by atoms with Crippen LogP contribution in [0.4, 0.5) is 5.00 Å². The lowest BCUT2D eigenvalue weighted by molar-refractivity contribution is -0.119. The van der Waals surface area contributed by atoms with E-state index in [1.165, 1.54) is 10.9 Å². The Labute approximate surface area is 178 Å². The predicted octanol–water partition coefficient (Wildman–Crippen LogP) is 4.16. The van der Waals surface area contributed by atoms with Crippen LogP contribution >= 0.6 is 22.9 Å². The minimum atomic E-state index is -0.685. The second kappa shape index (κ2) is 9.89. The van der Waals surface area contributed by atoms with Crippen molar-refractivity contribution in [3.63, 3.8) is 0 Å². The number of halogens is 1. The Morgan fingerprint density at radius 1 is 1.24 bits per heavy atom. The summed E-state index contributed by atoms with van der Waals surface area (Å²) in [7, 11) is 0. The summed E-state index contributed by atoms with van der Waals surface area (Å²) < 4.78 is 11.8. The Morgan fingerprint density at radius 2 is 1.93 bits per heavy atom. The molecule has 0 fully saturated rings. The first-order valence-electron chi connectivity index (χ1n) is 9.20. The van der Waals surface area contributed by atoms with Gasteiger partial charge >= 0.3 is 11.9 Å². The number of carbonyl (C=O) groups is 3. The van der Waals surface area contributed by atoms with Gasteiger partial charge in [-0.1, -0.05) is 18.5 Å². The standard InChI is InChI=1S/C19H24ClN3O5S/c1-6-8-28-18(25)14-10(3)15(19(26)27-7-2)29-17(14)22-16(24)12(5)23-11(4)13(20)9-21-23/h9,12H,6-8H2,1-5H3,(H,22,24). The van der Waals surface area contributed by atoms with Crippen LogP contribution in [0.2, 0.25) is 5.02 Å². The van der Waals surface area contributed by atoms with Gasteiger partial charge in [0.15, 0.2) is 0 Å². The zero-order chi connectivity index (χ0) is 21.7. The van der Waals surface area contributed by atoms with Crippen molar-refractivity contribution < 1.29 is 23.9 Å². The summed E-state index contributed by atoms with van der Waals surface area (Å²) in [4.78, 5) is 37.9. The van der Waals surface area contributed by atoms with Gasteiger partial charge in [0.25, 0.3) is 0 Å². The number of hydrogen-bond donors (Lipinski definition) is 1. The second-order valence-corrected chi connectivity index (χ2v) is 7.73. The van der Waals surface area contributed by atoms with E-state index in [1.807, 2.05) is 6.92 Å². The molecule has 2 rings (SSSR count). The minimum Gasteiger partial charge on any atom is -0.462 e. The molecule has 0 aliphatic rings. The van der Waals surface area contributed by atoms with Gasteiger partial charge in [-0.25, -0.2) is 9.59 Å². The van der Waals surface area contributed by atoms with Crippen molar-refractivity contribution in [2.24, 2.45) is 0 Å². The highest BCUT2D eigenvalue weighted by Gasteiger charge is 2.29. The Balaban J connectivity index is 2.37. The molecule has 2 aromatic heterocycles. The van der Waals surface area contributed by atoms with Crippen LogP contribution in [0.3, 0.4) is 0 Å². The number of nitrogens with zero attached hydrogens (tertiary/aromatic N) is 2. The molecule has 0 spiro atoms. The van der Waals surface area contributed by atoms with Gasteiger partial charge in [-0.15, -0.1) is 11.3 Å². The van der Waals surface area contributed by atoms with E-state index in [0.29, 0.717) is 22.7 Å². The molecular formula is C19H24ClN3O5S. The summed E-state index contributed by atoms with van der Waals surface area (Å²) in [5.41, 5.74) is 1.21. The summed E-state index contributed by atoms with van der Waals surface area (Å²) in [6.45, 7) is 9.04. The molecule has 0 saturated carbocycles. The Kier molecular flexibility index (Phi) is 7.80. The number of ether oxygens (including phenoxy) is 2. The number of rotatable bonds is 8. The van der Waals surface area contributed by atoms with E-state index in [-0.39, 0.29) is 28.7 Å². The molecule has 1 atom stereocenters. The number of nitrogens with one attached hydrogen (secondary N) is 1. The largest absolute Gasteiger partial charge is 0.462 e. The summed E-state index contributed by atoms with van der Waals surface area (Å²) >= 11 is 7.00. The van der Waals surface area contributed by atoms with E-state index < -0.39 is 23.9 Å². The van der Waals surface area contributed by atoms with Gasteiger partial charge in [-0.05, 0) is 39.7 Å². The molecule has 1 unspecified atom stereocenters. The van der Waals surface area contributed by atoms with Crippen LogP contribution in [-0.2, 0) is 14.3 Å². The molecule has 158 valence electrons. The van der Waals surface area contributed by atoms with Crippen molar-refractivity contribution in [2.45, 2.75) is 47.1 Å². The molecular weight excluding hydrogens is 418 g/mol. The molecule has 0 aromatic carbocycles. The molecule has 0 aliphatic heterocycles. The third-order valence-corrected chi connectivity index (χ3v) is 5.78. The molecule has 1 N–H and O–H groups in total. The van der Waals surface area contributed by atoms with Crippen LogP contribution in [-0.4, -0.2) is 40.8 Å². The zero-order valence-electron chi connectivity index (χ0n) is 17.0. The maximum atomic E-state index is 12.8. The smallest absolute Gasteiger partial charge is 0.348 e. The van der Waals surface area contributed by atoms with Crippen LogP contribution in [0.5, 0.6) is 0 Å². The monoisotopic (exact) mass is 441 g/mol. The van der Waals surface area contributed by atoms with Gasteiger partial charge in [0.05, 0.1) is 35.7 Å². The predicted molar refractivity (Wildman–Crippen MR) is 111 cm³/mol. The molecule has 0 radical (unpaired) electrons. The molecule has 2 heterocycles. The zero-order valence-corrected chi connectivity index (χ0v) is 18.6. The minimum absolute atomic E-state index is 0.155. The Bertz CT molecular complexity index is 921. The lowest BCUT2D eigenvalue weighted by Crippen LogP contribution is -2.25. The number of thiophene rings is 1. The average molecular weight is 442 g/mol. The van der Waals surface area contributed by atoms with Crippen LogP contribution in [0.1, 0.15) is 64.5 Å². The van der Waals surface area contributed by atoms with E-state index in [9.17, 15) is 14.4 Å². The van der Waals surface area contributed by atoms with Gasteiger partial charge in [0, 0.05) is 0 Å². The van der Waals surface area contributed by atoms with Crippen molar-refractivity contribution in [3.8, 4) is 0 Å². The topological polar surface area (TPSA) is 99.5 Å². The van der Waals surface area contributed by atoms with Gasteiger partial charge in [-0.2, -0.15) is 5.10 Å². The first-order chi connectivity index (χ1) is 13.7. The third kappa shape index (κ3) is 4.97. The van der Waals surface area contributed by atoms with Gasteiger partial charge in [0.1, 0.15) is 15.9 Å². The Morgan fingerprint density at radius 3 is 2.48 bits per heavy atom. The van der Waals surface area contributed by atoms with Gasteiger partial charge < -0.3 is 14.8 Å². The van der Waals surface area contributed by atoms with E-state index in [0.717, 1.165) is 11.3 Å². The maximum absolute atomic E-state index is 12.8. The maximum Gasteiger partial charge on any atom is 0.348 e. The summed E-state index contributed by atoms with van der Waals surface area (Å²) in [5.74, 6) is -1.56. The fraction of sp³-hybridized carbons (Fsp3) is 0.474. The van der Waals surface area contributed by atoms with Crippen LogP contribution in [0, 0.1) is 13.8 Å². The quantitative estimate of drug-likeness (QED) is 0.617. The van der Waals surface area contributed by atoms with Crippen molar-refractivity contribution in [2.75, 3.05) is 18.5 Å². The number of amides is 1. The van der Waals surface area contributed by atoms with E-state index in [4.69, 9.17) is 21.1 Å². The molecule has 1 amide bonds. The van der Waals surface area contributed by atoms with Gasteiger partial charge in [0.2, 0.25) is 5.91 Å². The fourth-order valence-electron chi connectivity index (χ4n) is 2.63. The Hall–Kier alpha value is -2.39. The SMILES string of the molecule is CCCOC(=O)c1c(NC(=O)C(C)n2ncc(Cl)c2C)sc(C(=O)OCC)c1C. The molecule has 0 bridgehead atoms. The molecule has 8 nitrogen and oxygen atoms in total. The van der Waals surface area contributed by atoms with Crippen LogP contribution in [0.15, 0.2) is 6.20 Å². The lowest BCUT2D eigenvalue weighted by Gasteiger charge is -2.14. The van der Waals surface area contributed by atoms with Crippen molar-refractivity contribution in [1.29, 1.82) is 0 Å². The fourth-order valence-corrected chi connectivity index (χ4v) is 3.85. The summed E-state index contributed by atoms with van der Waals surface area (Å²) in [6, 6.07) is -0.685. The van der Waals surface area contributed by atoms with Crippen molar-refractivity contribution in [1.82, 2.24) is 9.78 Å². The first kappa shape index (κ1) is 22.9. The highest BCUT2D eigenvalue weighted by atomic mass is 35.5. The molecule has 29 heavy (non-hydrogen) atoms. The van der Waals surface area contributed by atoms with Crippen molar-refractivity contribution in [3.05, 3.63) is 32.9 Å². The number of hydrogen-bond acceptors (Lipinski definition) is 7. The molecule has 0 saturated heterocycles. The molecule has 2 aromatic rings. The third-order valence-electron chi connectivity index (χ3n) is 4.22. The van der Waals surface area contributed by atoms with E-state index in [1.54, 1.807) is 27.7 Å². The van der Waals surface area contributed by atoms with Gasteiger partial charge in [-0.3, -0.25) is 9.48 Å². The normalized spacial score (nSPS) is 11.8. The van der Waals surface area contributed by atoms with E-state index >= 15 is 0 Å².